The van der Waals surface area contributed by atoms with Crippen LogP contribution in [-0.2, 0) is 9.59 Å². The van der Waals surface area contributed by atoms with Gasteiger partial charge in [0.2, 0.25) is 18.9 Å². The first kappa shape index (κ1) is 20.1. The Morgan fingerprint density at radius 2 is 2.12 bits per heavy atom. The summed E-state index contributed by atoms with van der Waals surface area (Å²) in [6, 6.07) is 12.5. The molecule has 164 valence electrons. The maximum atomic E-state index is 13.0. The number of hydrogen-bond acceptors (Lipinski definition) is 9. The molecule has 5 rings (SSSR count). The van der Waals surface area contributed by atoms with Crippen molar-refractivity contribution in [1.82, 2.24) is 10.3 Å². The van der Waals surface area contributed by atoms with Crippen LogP contribution in [0.5, 0.6) is 17.2 Å². The van der Waals surface area contributed by atoms with E-state index in [0.717, 1.165) is 0 Å². The lowest BCUT2D eigenvalue weighted by molar-refractivity contribution is -0.122. The molecule has 11 heteroatoms. The lowest BCUT2D eigenvalue weighted by atomic mass is 10.2. The van der Waals surface area contributed by atoms with Gasteiger partial charge in [-0.2, -0.15) is 5.10 Å². The second-order valence-corrected chi connectivity index (χ2v) is 7.89. The van der Waals surface area contributed by atoms with Crippen molar-refractivity contribution in [2.45, 2.75) is 6.17 Å². The fourth-order valence-electron chi connectivity index (χ4n) is 3.40. The van der Waals surface area contributed by atoms with Crippen LogP contribution in [0.1, 0.15) is 0 Å². The second-order valence-electron chi connectivity index (χ2n) is 6.95. The number of methoxy groups -OCH3 is 1. The van der Waals surface area contributed by atoms with E-state index in [1.165, 1.54) is 16.7 Å². The van der Waals surface area contributed by atoms with E-state index in [-0.39, 0.29) is 24.4 Å². The third kappa shape index (κ3) is 3.78. The van der Waals surface area contributed by atoms with Crippen molar-refractivity contribution in [2.24, 2.45) is 5.10 Å². The van der Waals surface area contributed by atoms with E-state index in [9.17, 15) is 9.59 Å². The van der Waals surface area contributed by atoms with Crippen molar-refractivity contribution >= 4 is 40.1 Å². The molecule has 1 unspecified atom stereocenters. The number of amidine groups is 1. The van der Waals surface area contributed by atoms with Crippen LogP contribution in [0.15, 0.2) is 60.0 Å². The molecular formula is C21H19N5O5S. The van der Waals surface area contributed by atoms with Gasteiger partial charge in [-0.3, -0.25) is 24.8 Å². The topological polar surface area (TPSA) is 105 Å². The lowest BCUT2D eigenvalue weighted by Crippen LogP contribution is -2.52. The SMILES string of the molecule is COc1cccc(N2C=CN3C(SCC(=O)Nc4ccc5c(c4)OCO5)=NNC3C2=O)c1. The summed E-state index contributed by atoms with van der Waals surface area (Å²) >= 11 is 1.23. The molecule has 2 amide bonds. The van der Waals surface area contributed by atoms with E-state index in [1.807, 2.05) is 18.2 Å². The smallest absolute Gasteiger partial charge is 0.276 e. The van der Waals surface area contributed by atoms with E-state index >= 15 is 0 Å². The third-order valence-corrected chi connectivity index (χ3v) is 5.92. The quantitative estimate of drug-likeness (QED) is 0.710. The Balaban J connectivity index is 1.20. The molecule has 32 heavy (non-hydrogen) atoms. The van der Waals surface area contributed by atoms with Crippen molar-refractivity contribution in [3.8, 4) is 17.2 Å². The summed E-state index contributed by atoms with van der Waals surface area (Å²) in [6.07, 6.45) is 2.75. The molecule has 3 aliphatic heterocycles. The average Bonchev–Trinajstić information content (AvgIpc) is 3.45. The number of benzene rings is 2. The predicted molar refractivity (Wildman–Crippen MR) is 119 cm³/mol. The van der Waals surface area contributed by atoms with Crippen LogP contribution in [0.4, 0.5) is 11.4 Å². The number of thioether (sulfide) groups is 1. The van der Waals surface area contributed by atoms with Gasteiger partial charge in [-0.25, -0.2) is 0 Å². The third-order valence-electron chi connectivity index (χ3n) is 4.95. The lowest BCUT2D eigenvalue weighted by Gasteiger charge is -2.32. The summed E-state index contributed by atoms with van der Waals surface area (Å²) < 4.78 is 15.8. The van der Waals surface area contributed by atoms with Gasteiger partial charge in [0.1, 0.15) is 5.75 Å². The Labute approximate surface area is 187 Å². The highest BCUT2D eigenvalue weighted by Gasteiger charge is 2.38. The Morgan fingerprint density at radius 1 is 1.25 bits per heavy atom. The van der Waals surface area contributed by atoms with E-state index in [2.05, 4.69) is 15.8 Å². The predicted octanol–water partition coefficient (Wildman–Crippen LogP) is 2.12. The van der Waals surface area contributed by atoms with Crippen molar-refractivity contribution in [2.75, 3.05) is 29.9 Å². The van der Waals surface area contributed by atoms with Gasteiger partial charge in [-0.1, -0.05) is 17.8 Å². The summed E-state index contributed by atoms with van der Waals surface area (Å²) in [6.45, 7) is 0.174. The number of fused-ring (bicyclic) bond motifs is 2. The first-order valence-electron chi connectivity index (χ1n) is 9.72. The van der Waals surface area contributed by atoms with Gasteiger partial charge >= 0.3 is 0 Å². The molecule has 0 bridgehead atoms. The number of nitrogens with zero attached hydrogens (tertiary/aromatic N) is 3. The molecule has 0 saturated carbocycles. The minimum Gasteiger partial charge on any atom is -0.497 e. The fraction of sp³-hybridized carbons (Fsp3) is 0.190. The molecule has 0 spiro atoms. The zero-order chi connectivity index (χ0) is 22.1. The van der Waals surface area contributed by atoms with E-state index in [1.54, 1.807) is 48.7 Å². The van der Waals surface area contributed by atoms with Gasteiger partial charge in [0.25, 0.3) is 5.91 Å². The van der Waals surface area contributed by atoms with Gasteiger partial charge < -0.3 is 19.5 Å². The Kier molecular flexibility index (Phi) is 5.23. The number of carbonyl (C=O) groups is 2. The monoisotopic (exact) mass is 453 g/mol. The molecule has 0 fully saturated rings. The molecule has 3 aliphatic rings. The van der Waals surface area contributed by atoms with Gasteiger partial charge in [0.15, 0.2) is 16.7 Å². The molecule has 0 aromatic heterocycles. The summed E-state index contributed by atoms with van der Waals surface area (Å²) in [7, 11) is 1.58. The van der Waals surface area contributed by atoms with Gasteiger partial charge in [0.05, 0.1) is 18.6 Å². The van der Waals surface area contributed by atoms with Gasteiger partial charge in [-0.15, -0.1) is 0 Å². The number of carbonyl (C=O) groups excluding carboxylic acids is 2. The van der Waals surface area contributed by atoms with Gasteiger partial charge in [0, 0.05) is 30.2 Å². The number of ether oxygens (including phenoxy) is 3. The van der Waals surface area contributed by atoms with Crippen LogP contribution in [0.3, 0.4) is 0 Å². The molecule has 2 aromatic carbocycles. The standard InChI is InChI=1S/C21H19N5O5S/c1-29-15-4-2-3-14(10-15)25-7-8-26-19(20(25)28)23-24-21(26)32-11-18(27)22-13-5-6-16-17(9-13)31-12-30-16/h2-10,19,23H,11-12H2,1H3,(H,22,27). The normalized spacial score (nSPS) is 18.2. The molecule has 10 nitrogen and oxygen atoms in total. The number of hydrazone groups is 1. The highest BCUT2D eigenvalue weighted by molar-refractivity contribution is 8.14. The summed E-state index contributed by atoms with van der Waals surface area (Å²) in [4.78, 5) is 28.6. The largest absolute Gasteiger partial charge is 0.497 e. The molecule has 1 atom stereocenters. The van der Waals surface area contributed by atoms with Gasteiger partial charge in [-0.05, 0) is 24.3 Å². The van der Waals surface area contributed by atoms with Crippen LogP contribution in [0.25, 0.3) is 0 Å². The van der Waals surface area contributed by atoms with Crippen LogP contribution < -0.4 is 29.9 Å². The minimum absolute atomic E-state index is 0.125. The first-order valence-corrected chi connectivity index (χ1v) is 10.7. The van der Waals surface area contributed by atoms with Crippen molar-refractivity contribution in [3.63, 3.8) is 0 Å². The zero-order valence-corrected chi connectivity index (χ0v) is 17.8. The highest BCUT2D eigenvalue weighted by atomic mass is 32.2. The summed E-state index contributed by atoms with van der Waals surface area (Å²) in [5, 5.41) is 7.59. The molecule has 0 aliphatic carbocycles. The number of nitrogens with one attached hydrogen (secondary N) is 2. The Bertz CT molecular complexity index is 1140. The summed E-state index contributed by atoms with van der Waals surface area (Å²) in [5.74, 6) is 1.64. The number of amides is 2. The zero-order valence-electron chi connectivity index (χ0n) is 17.0. The Hall–Kier alpha value is -3.86. The molecule has 3 heterocycles. The number of anilines is 2. The van der Waals surface area contributed by atoms with Crippen molar-refractivity contribution in [1.29, 1.82) is 0 Å². The van der Waals surface area contributed by atoms with Crippen molar-refractivity contribution < 1.29 is 23.8 Å². The average molecular weight is 453 g/mol. The Morgan fingerprint density at radius 3 is 3.00 bits per heavy atom. The van der Waals surface area contributed by atoms with Crippen LogP contribution in [0.2, 0.25) is 0 Å². The highest BCUT2D eigenvalue weighted by Crippen LogP contribution is 2.34. The molecule has 0 saturated heterocycles. The van der Waals surface area contributed by atoms with E-state index in [0.29, 0.717) is 33.8 Å². The van der Waals surface area contributed by atoms with Crippen LogP contribution >= 0.6 is 11.8 Å². The number of hydrogen-bond donors (Lipinski definition) is 2. The van der Waals surface area contributed by atoms with Crippen LogP contribution in [0, 0.1) is 0 Å². The first-order chi connectivity index (χ1) is 15.6. The summed E-state index contributed by atoms with van der Waals surface area (Å²) in [5.41, 5.74) is 4.15. The fourth-order valence-corrected chi connectivity index (χ4v) is 4.16. The molecular weight excluding hydrogens is 434 g/mol. The maximum absolute atomic E-state index is 13.0. The second kappa shape index (κ2) is 8.35. The van der Waals surface area contributed by atoms with Crippen molar-refractivity contribution in [3.05, 3.63) is 54.9 Å². The maximum Gasteiger partial charge on any atom is 0.276 e. The van der Waals surface area contributed by atoms with E-state index < -0.39 is 6.17 Å². The molecule has 0 radical (unpaired) electrons. The molecule has 2 N–H and O–H groups in total. The number of rotatable bonds is 5. The van der Waals surface area contributed by atoms with E-state index in [4.69, 9.17) is 14.2 Å². The molecule has 2 aromatic rings. The minimum atomic E-state index is -0.675. The van der Waals surface area contributed by atoms with Crippen LogP contribution in [-0.4, -0.2) is 47.7 Å².